The Balaban J connectivity index is 0. The Bertz CT molecular complexity index is 845. The third-order valence-electron chi connectivity index (χ3n) is 7.98. The molecule has 253 valence electrons. The number of carboxylic acids is 4. The molecule has 0 aromatic rings. The predicted molar refractivity (Wildman–Crippen MR) is 151 cm³/mol. The van der Waals surface area contributed by atoms with Crippen LogP contribution < -0.4 is 50.0 Å². The van der Waals surface area contributed by atoms with Crippen molar-refractivity contribution in [3.63, 3.8) is 0 Å². The molecule has 1 fully saturated rings. The Morgan fingerprint density at radius 2 is 1.09 bits per heavy atom. The molecule has 1 heterocycles. The molecule has 1 aliphatic rings. The largest absolute Gasteiger partial charge is 3.00 e. The van der Waals surface area contributed by atoms with Crippen molar-refractivity contribution >= 4 is 29.8 Å². The van der Waals surface area contributed by atoms with Crippen LogP contribution in [0.4, 0.5) is 0 Å². The van der Waals surface area contributed by atoms with Crippen molar-refractivity contribution in [2.75, 3.05) is 65.4 Å². The fourth-order valence-electron chi connectivity index (χ4n) is 5.89. The van der Waals surface area contributed by atoms with Crippen LogP contribution in [0.2, 0.25) is 0 Å². The molecule has 0 atom stereocenters. The molecule has 0 bridgehead atoms. The zero-order chi connectivity index (χ0) is 32.3. The standard InChI is InChI=1S/C30H54N4O9.Gd.Na/c1-3-5-7-11-15-33(16-12-8-6-4-2)25(35)13-9-10-14-30(34(21-28(40)41)22-29(42)43)23-31(19-26(36)37)17-18-32(24-30)20-27(38)39;;/h3-24H2,1-2H3,(H,36,37)(H,38,39)(H,40,41)(H,42,43);;/q;+3;+1/p-4. The average molecular weight is 791 g/mol. The predicted octanol–water partition coefficient (Wildman–Crippen LogP) is -5.80. The van der Waals surface area contributed by atoms with Crippen LogP contribution in [0.15, 0.2) is 0 Å². The molecular weight excluding hydrogens is 741 g/mol. The summed E-state index contributed by atoms with van der Waals surface area (Å²) in [5.74, 6) is -5.81. The molecule has 1 amide bonds. The van der Waals surface area contributed by atoms with Gasteiger partial charge in [0.05, 0.1) is 23.9 Å². The van der Waals surface area contributed by atoms with Crippen LogP contribution in [-0.2, 0) is 24.0 Å². The zero-order valence-corrected chi connectivity index (χ0v) is 31.6. The minimum Gasteiger partial charge on any atom is -0.549 e. The molecule has 0 aromatic heterocycles. The second-order valence-corrected chi connectivity index (χ2v) is 11.7. The Labute approximate surface area is 322 Å². The van der Waals surface area contributed by atoms with Crippen LogP contribution in [-0.4, -0.2) is 120 Å². The Hall–Kier alpha value is -0.445. The SMILES string of the molecule is CCCCCCN(CCCCCC)C(=O)CCCCC1(N(CC(=O)[O-])CC(=O)[O-])CN(CC(=O)[O-])CCN(CC(=O)[O-])C1.[Gd+3].[Na+]. The van der Waals surface area contributed by atoms with Gasteiger partial charge >= 0.3 is 69.5 Å². The molecule has 45 heavy (non-hydrogen) atoms. The molecule has 0 N–H and O–H groups in total. The first-order chi connectivity index (χ1) is 20.4. The number of amides is 1. The van der Waals surface area contributed by atoms with Crippen molar-refractivity contribution in [1.29, 1.82) is 0 Å². The van der Waals surface area contributed by atoms with Crippen molar-refractivity contribution in [3.05, 3.63) is 0 Å². The van der Waals surface area contributed by atoms with Gasteiger partial charge in [-0.25, -0.2) is 0 Å². The van der Waals surface area contributed by atoms with E-state index < -0.39 is 55.6 Å². The quantitative estimate of drug-likeness (QED) is 0.0667. The number of rotatable bonds is 24. The van der Waals surface area contributed by atoms with E-state index in [9.17, 15) is 44.4 Å². The molecule has 0 unspecified atom stereocenters. The van der Waals surface area contributed by atoms with Crippen molar-refractivity contribution < 1.29 is 114 Å². The molecular formula is C30H50GdN4NaO9. The van der Waals surface area contributed by atoms with Crippen molar-refractivity contribution in [2.24, 2.45) is 0 Å². The van der Waals surface area contributed by atoms with Gasteiger partial charge in [0.25, 0.3) is 0 Å². The Kier molecular flexibility index (Phi) is 27.5. The Morgan fingerprint density at radius 3 is 1.47 bits per heavy atom. The van der Waals surface area contributed by atoms with Gasteiger partial charge in [0.2, 0.25) is 5.91 Å². The van der Waals surface area contributed by atoms with Gasteiger partial charge in [-0.2, -0.15) is 0 Å². The van der Waals surface area contributed by atoms with E-state index >= 15 is 0 Å². The van der Waals surface area contributed by atoms with Gasteiger partial charge in [-0.15, -0.1) is 0 Å². The normalized spacial score (nSPS) is 15.0. The smallest absolute Gasteiger partial charge is 0.549 e. The topological polar surface area (TPSA) is 191 Å². The van der Waals surface area contributed by atoms with E-state index in [0.29, 0.717) is 25.9 Å². The van der Waals surface area contributed by atoms with Crippen LogP contribution >= 0.6 is 0 Å². The van der Waals surface area contributed by atoms with Crippen LogP contribution in [0.3, 0.4) is 0 Å². The van der Waals surface area contributed by atoms with E-state index in [1.807, 2.05) is 4.90 Å². The molecule has 0 spiro atoms. The molecule has 1 aliphatic heterocycles. The third kappa shape index (κ3) is 20.5. The van der Waals surface area contributed by atoms with E-state index in [0.717, 1.165) is 56.3 Å². The summed E-state index contributed by atoms with van der Waals surface area (Å²) in [5, 5.41) is 46.3. The molecule has 0 saturated carbocycles. The van der Waals surface area contributed by atoms with Gasteiger partial charge in [0.1, 0.15) is 0 Å². The second kappa shape index (κ2) is 26.5. The van der Waals surface area contributed by atoms with E-state index in [-0.39, 0.29) is 114 Å². The summed E-state index contributed by atoms with van der Waals surface area (Å²) >= 11 is 0. The maximum absolute atomic E-state index is 13.2. The van der Waals surface area contributed by atoms with Crippen LogP contribution in [0, 0.1) is 39.9 Å². The fraction of sp³-hybridized carbons (Fsp3) is 0.833. The minimum atomic E-state index is -1.54. The summed E-state index contributed by atoms with van der Waals surface area (Å²) in [6.45, 7) is 3.23. The fourth-order valence-corrected chi connectivity index (χ4v) is 5.89. The molecule has 13 nitrogen and oxygen atoms in total. The Morgan fingerprint density at radius 1 is 0.644 bits per heavy atom. The number of hydrogen-bond acceptors (Lipinski definition) is 12. The number of nitrogens with zero attached hydrogens (tertiary/aromatic N) is 4. The summed E-state index contributed by atoms with van der Waals surface area (Å²) in [6, 6.07) is 0. The summed E-state index contributed by atoms with van der Waals surface area (Å²) in [4.78, 5) is 65.5. The van der Waals surface area contributed by atoms with Crippen molar-refractivity contribution in [2.45, 2.75) is 96.4 Å². The summed E-state index contributed by atoms with van der Waals surface area (Å²) in [5.41, 5.74) is -1.29. The zero-order valence-electron chi connectivity index (χ0n) is 27.4. The molecule has 0 aromatic carbocycles. The van der Waals surface area contributed by atoms with E-state index in [2.05, 4.69) is 13.8 Å². The first-order valence-electron chi connectivity index (χ1n) is 15.7. The van der Waals surface area contributed by atoms with Gasteiger partial charge in [-0.1, -0.05) is 58.8 Å². The van der Waals surface area contributed by atoms with Crippen LogP contribution in [0.25, 0.3) is 0 Å². The average Bonchev–Trinajstić information content (AvgIpc) is 3.08. The maximum Gasteiger partial charge on any atom is 3.00 e. The summed E-state index contributed by atoms with van der Waals surface area (Å²) in [6.07, 6.45) is 9.64. The van der Waals surface area contributed by atoms with E-state index in [4.69, 9.17) is 0 Å². The summed E-state index contributed by atoms with van der Waals surface area (Å²) < 4.78 is 0. The van der Waals surface area contributed by atoms with Gasteiger partial charge < -0.3 is 44.5 Å². The monoisotopic (exact) mass is 791 g/mol. The molecule has 15 heteroatoms. The molecule has 1 radical (unpaired) electrons. The van der Waals surface area contributed by atoms with Gasteiger partial charge in [-0.3, -0.25) is 19.5 Å². The van der Waals surface area contributed by atoms with Crippen LogP contribution in [0.1, 0.15) is 90.9 Å². The number of aliphatic carboxylic acids is 4. The van der Waals surface area contributed by atoms with Gasteiger partial charge in [-0.05, 0) is 25.7 Å². The molecule has 1 rings (SSSR count). The minimum absolute atomic E-state index is 0. The number of carbonyl (C=O) groups excluding carboxylic acids is 5. The van der Waals surface area contributed by atoms with Crippen molar-refractivity contribution in [3.8, 4) is 0 Å². The van der Waals surface area contributed by atoms with E-state index in [1.54, 1.807) is 0 Å². The number of carbonyl (C=O) groups is 5. The third-order valence-corrected chi connectivity index (χ3v) is 7.98. The van der Waals surface area contributed by atoms with Gasteiger partial charge in [0, 0.05) is 77.4 Å². The number of unbranched alkanes of at least 4 members (excludes halogenated alkanes) is 7. The summed E-state index contributed by atoms with van der Waals surface area (Å²) in [7, 11) is 0. The molecule has 0 aliphatic carbocycles. The number of hydrogen-bond donors (Lipinski definition) is 0. The van der Waals surface area contributed by atoms with Gasteiger partial charge in [0.15, 0.2) is 0 Å². The first-order valence-corrected chi connectivity index (χ1v) is 15.7. The molecule has 1 saturated heterocycles. The van der Waals surface area contributed by atoms with E-state index in [1.165, 1.54) is 9.80 Å². The van der Waals surface area contributed by atoms with Crippen LogP contribution in [0.5, 0.6) is 0 Å². The first kappa shape index (κ1) is 46.7. The second-order valence-electron chi connectivity index (χ2n) is 11.7. The maximum atomic E-state index is 13.2. The number of carboxylic acid groups (broad SMARTS) is 4. The van der Waals surface area contributed by atoms with Crippen molar-refractivity contribution in [1.82, 2.24) is 19.6 Å².